The van der Waals surface area contributed by atoms with Crippen LogP contribution in [-0.2, 0) is 13.1 Å². The Kier molecular flexibility index (Phi) is 4.42. The molecule has 0 amide bonds. The van der Waals surface area contributed by atoms with Crippen molar-refractivity contribution in [2.45, 2.75) is 13.1 Å². The number of hydrogen-bond acceptors (Lipinski definition) is 6. The van der Waals surface area contributed by atoms with Crippen LogP contribution >= 0.6 is 0 Å². The van der Waals surface area contributed by atoms with Gasteiger partial charge in [0.2, 0.25) is 0 Å². The molecule has 0 radical (unpaired) electrons. The van der Waals surface area contributed by atoms with Gasteiger partial charge in [-0.2, -0.15) is 5.10 Å². The fraction of sp³-hybridized carbons (Fsp3) is 0.500. The molecular formula is C14H19N5O2. The van der Waals surface area contributed by atoms with Gasteiger partial charge in [0.15, 0.2) is 5.76 Å². The van der Waals surface area contributed by atoms with E-state index in [-0.39, 0.29) is 5.56 Å². The summed E-state index contributed by atoms with van der Waals surface area (Å²) in [6, 6.07) is 5.11. The SMILES string of the molecule is O=c1cccnn1CCN1CCN(Cc2ccno2)CC1. The molecule has 7 nitrogen and oxygen atoms in total. The first kappa shape index (κ1) is 14.0. The Morgan fingerprint density at radius 3 is 2.57 bits per heavy atom. The summed E-state index contributed by atoms with van der Waals surface area (Å²) in [5.74, 6) is 0.906. The Hall–Kier alpha value is -1.99. The summed E-state index contributed by atoms with van der Waals surface area (Å²) >= 11 is 0. The van der Waals surface area contributed by atoms with E-state index in [9.17, 15) is 4.79 Å². The molecule has 1 aliphatic heterocycles. The second-order valence-corrected chi connectivity index (χ2v) is 5.18. The average Bonchev–Trinajstić information content (AvgIpc) is 3.01. The summed E-state index contributed by atoms with van der Waals surface area (Å²) in [6.45, 7) is 6.30. The van der Waals surface area contributed by atoms with E-state index in [0.29, 0.717) is 6.54 Å². The van der Waals surface area contributed by atoms with E-state index in [2.05, 4.69) is 20.1 Å². The number of rotatable bonds is 5. The van der Waals surface area contributed by atoms with Crippen LogP contribution < -0.4 is 5.56 Å². The molecule has 0 saturated carbocycles. The molecule has 0 aliphatic carbocycles. The fourth-order valence-corrected chi connectivity index (χ4v) is 2.51. The van der Waals surface area contributed by atoms with Crippen molar-refractivity contribution in [3.05, 3.63) is 46.7 Å². The lowest BCUT2D eigenvalue weighted by molar-refractivity contribution is 0.114. The third-order valence-corrected chi connectivity index (χ3v) is 3.75. The second-order valence-electron chi connectivity index (χ2n) is 5.18. The maximum absolute atomic E-state index is 11.6. The lowest BCUT2D eigenvalue weighted by Crippen LogP contribution is -2.47. The molecule has 2 aromatic heterocycles. The van der Waals surface area contributed by atoms with Gasteiger partial charge in [-0.25, -0.2) is 4.68 Å². The summed E-state index contributed by atoms with van der Waals surface area (Å²) in [7, 11) is 0. The van der Waals surface area contributed by atoms with Gasteiger partial charge in [-0.1, -0.05) is 5.16 Å². The van der Waals surface area contributed by atoms with Crippen LogP contribution in [0.2, 0.25) is 0 Å². The Labute approximate surface area is 122 Å². The zero-order valence-electron chi connectivity index (χ0n) is 11.9. The second kappa shape index (κ2) is 6.64. The summed E-state index contributed by atoms with van der Waals surface area (Å²) in [6.07, 6.45) is 3.33. The predicted molar refractivity (Wildman–Crippen MR) is 76.7 cm³/mol. The van der Waals surface area contributed by atoms with Gasteiger partial charge in [0.05, 0.1) is 19.3 Å². The normalized spacial score (nSPS) is 17.1. The standard InChI is InChI=1S/C14H19N5O2/c20-14-2-1-4-15-19(14)11-10-17-6-8-18(9-7-17)12-13-3-5-16-21-13/h1-5H,6-12H2. The van der Waals surface area contributed by atoms with Gasteiger partial charge in [0, 0.05) is 51.1 Å². The van der Waals surface area contributed by atoms with E-state index < -0.39 is 0 Å². The molecule has 0 spiro atoms. The zero-order chi connectivity index (χ0) is 14.5. The Balaban J connectivity index is 1.44. The van der Waals surface area contributed by atoms with Crippen molar-refractivity contribution in [3.63, 3.8) is 0 Å². The van der Waals surface area contributed by atoms with Crippen molar-refractivity contribution in [2.24, 2.45) is 0 Å². The largest absolute Gasteiger partial charge is 0.360 e. The van der Waals surface area contributed by atoms with Crippen LogP contribution in [0.4, 0.5) is 0 Å². The average molecular weight is 289 g/mol. The molecule has 112 valence electrons. The highest BCUT2D eigenvalue weighted by Crippen LogP contribution is 2.07. The topological polar surface area (TPSA) is 67.4 Å². The number of hydrogen-bond donors (Lipinski definition) is 0. The maximum Gasteiger partial charge on any atom is 0.266 e. The molecule has 1 saturated heterocycles. The summed E-state index contributed by atoms with van der Waals surface area (Å²) in [5, 5.41) is 7.80. The Bertz CT molecular complexity index is 602. The van der Waals surface area contributed by atoms with Gasteiger partial charge < -0.3 is 4.52 Å². The molecule has 0 N–H and O–H groups in total. The van der Waals surface area contributed by atoms with Gasteiger partial charge in [0.1, 0.15) is 0 Å². The minimum absolute atomic E-state index is 0.0403. The van der Waals surface area contributed by atoms with Gasteiger partial charge >= 0.3 is 0 Å². The third kappa shape index (κ3) is 3.77. The predicted octanol–water partition coefficient (Wildman–Crippen LogP) is 0.0491. The van der Waals surface area contributed by atoms with E-state index in [4.69, 9.17) is 4.52 Å². The van der Waals surface area contributed by atoms with Crippen molar-refractivity contribution in [3.8, 4) is 0 Å². The quantitative estimate of drug-likeness (QED) is 0.775. The molecule has 0 atom stereocenters. The van der Waals surface area contributed by atoms with E-state index in [1.165, 1.54) is 4.68 Å². The third-order valence-electron chi connectivity index (χ3n) is 3.75. The van der Waals surface area contributed by atoms with Gasteiger partial charge in [-0.05, 0) is 6.07 Å². The number of aromatic nitrogens is 3. The highest BCUT2D eigenvalue weighted by Gasteiger charge is 2.17. The van der Waals surface area contributed by atoms with E-state index in [0.717, 1.165) is 45.0 Å². The minimum Gasteiger partial charge on any atom is -0.360 e. The molecule has 7 heteroatoms. The summed E-state index contributed by atoms with van der Waals surface area (Å²) < 4.78 is 6.64. The number of piperazine rings is 1. The Morgan fingerprint density at radius 1 is 1.05 bits per heavy atom. The number of nitrogens with zero attached hydrogens (tertiary/aromatic N) is 5. The lowest BCUT2D eigenvalue weighted by atomic mass is 10.3. The van der Waals surface area contributed by atoms with Crippen molar-refractivity contribution in [2.75, 3.05) is 32.7 Å². The van der Waals surface area contributed by atoms with Crippen LogP contribution in [0.5, 0.6) is 0 Å². The fourth-order valence-electron chi connectivity index (χ4n) is 2.51. The Morgan fingerprint density at radius 2 is 1.86 bits per heavy atom. The van der Waals surface area contributed by atoms with E-state index in [1.54, 1.807) is 24.5 Å². The molecule has 1 fully saturated rings. The summed E-state index contributed by atoms with van der Waals surface area (Å²) in [5.41, 5.74) is -0.0403. The first-order valence-corrected chi connectivity index (χ1v) is 7.18. The first-order valence-electron chi connectivity index (χ1n) is 7.18. The van der Waals surface area contributed by atoms with E-state index in [1.807, 2.05) is 6.07 Å². The zero-order valence-corrected chi connectivity index (χ0v) is 11.9. The molecule has 21 heavy (non-hydrogen) atoms. The van der Waals surface area contributed by atoms with Crippen LogP contribution in [0, 0.1) is 0 Å². The van der Waals surface area contributed by atoms with Crippen molar-refractivity contribution in [1.29, 1.82) is 0 Å². The van der Waals surface area contributed by atoms with Crippen LogP contribution in [0.15, 0.2) is 39.9 Å². The molecule has 0 bridgehead atoms. The van der Waals surface area contributed by atoms with Gasteiger partial charge in [-0.15, -0.1) is 0 Å². The van der Waals surface area contributed by atoms with Crippen molar-refractivity contribution in [1.82, 2.24) is 24.7 Å². The summed E-state index contributed by atoms with van der Waals surface area (Å²) in [4.78, 5) is 16.3. The van der Waals surface area contributed by atoms with Crippen LogP contribution in [0.3, 0.4) is 0 Å². The molecule has 3 heterocycles. The smallest absolute Gasteiger partial charge is 0.266 e. The van der Waals surface area contributed by atoms with Gasteiger partial charge in [0.25, 0.3) is 5.56 Å². The van der Waals surface area contributed by atoms with Crippen molar-refractivity contribution < 1.29 is 4.52 Å². The first-order chi connectivity index (χ1) is 10.3. The van der Waals surface area contributed by atoms with Crippen LogP contribution in [-0.4, -0.2) is 57.5 Å². The molecular weight excluding hydrogens is 270 g/mol. The monoisotopic (exact) mass is 289 g/mol. The van der Waals surface area contributed by atoms with Crippen LogP contribution in [0.1, 0.15) is 5.76 Å². The van der Waals surface area contributed by atoms with Crippen molar-refractivity contribution >= 4 is 0 Å². The van der Waals surface area contributed by atoms with Crippen LogP contribution in [0.25, 0.3) is 0 Å². The molecule has 2 aromatic rings. The lowest BCUT2D eigenvalue weighted by Gasteiger charge is -2.34. The van der Waals surface area contributed by atoms with E-state index >= 15 is 0 Å². The highest BCUT2D eigenvalue weighted by atomic mass is 16.5. The maximum atomic E-state index is 11.6. The highest BCUT2D eigenvalue weighted by molar-refractivity contribution is 4.93. The van der Waals surface area contributed by atoms with Gasteiger partial charge in [-0.3, -0.25) is 14.6 Å². The molecule has 3 rings (SSSR count). The molecule has 0 unspecified atom stereocenters. The molecule has 0 aromatic carbocycles. The molecule has 1 aliphatic rings. The minimum atomic E-state index is -0.0403.